The summed E-state index contributed by atoms with van der Waals surface area (Å²) in [5.74, 6) is -0.102. The molecule has 2 heterocycles. The Hall–Kier alpha value is -2.60. The van der Waals surface area contributed by atoms with Gasteiger partial charge < -0.3 is 5.32 Å². The lowest BCUT2D eigenvalue weighted by Gasteiger charge is -2.08. The molecule has 0 radical (unpaired) electrons. The molecule has 2 aromatic heterocycles. The molecule has 0 unspecified atom stereocenters. The summed E-state index contributed by atoms with van der Waals surface area (Å²) in [6.45, 7) is 7.72. The van der Waals surface area contributed by atoms with Crippen LogP contribution in [-0.2, 0) is 19.6 Å². The van der Waals surface area contributed by atoms with E-state index in [4.69, 9.17) is 11.6 Å². The number of hydrogen-bond acceptors (Lipinski definition) is 3. The summed E-state index contributed by atoms with van der Waals surface area (Å²) in [7, 11) is 0. The second kappa shape index (κ2) is 7.74. The van der Waals surface area contributed by atoms with Crippen LogP contribution in [0.1, 0.15) is 39.9 Å². The van der Waals surface area contributed by atoms with Gasteiger partial charge in [-0.15, -0.1) is 0 Å². The van der Waals surface area contributed by atoms with E-state index < -0.39 is 0 Å². The number of nitrogens with zero attached hydrogens (tertiary/aromatic N) is 4. The summed E-state index contributed by atoms with van der Waals surface area (Å²) in [6, 6.07) is 9.45. The summed E-state index contributed by atoms with van der Waals surface area (Å²) in [5.41, 5.74) is 4.44. The lowest BCUT2D eigenvalue weighted by atomic mass is 10.1. The van der Waals surface area contributed by atoms with Crippen LogP contribution in [0, 0.1) is 13.8 Å². The fourth-order valence-corrected chi connectivity index (χ4v) is 2.97. The van der Waals surface area contributed by atoms with Gasteiger partial charge in [-0.05, 0) is 44.5 Å². The largest absolute Gasteiger partial charge is 0.346 e. The Labute approximate surface area is 157 Å². The minimum Gasteiger partial charge on any atom is -0.346 e. The number of carbonyl (C=O) groups is 1. The maximum atomic E-state index is 12.3. The molecule has 7 heteroatoms. The van der Waals surface area contributed by atoms with Gasteiger partial charge in [0, 0.05) is 18.3 Å². The van der Waals surface area contributed by atoms with Crippen LogP contribution in [0.15, 0.2) is 36.5 Å². The first-order valence-corrected chi connectivity index (χ1v) is 8.94. The van der Waals surface area contributed by atoms with Gasteiger partial charge in [0.25, 0.3) is 5.91 Å². The van der Waals surface area contributed by atoms with Gasteiger partial charge in [-0.25, -0.2) is 0 Å². The van der Waals surface area contributed by atoms with Crippen molar-refractivity contribution in [1.29, 1.82) is 0 Å². The third-order valence-corrected chi connectivity index (χ3v) is 4.92. The molecule has 0 aliphatic heterocycles. The van der Waals surface area contributed by atoms with E-state index in [1.54, 1.807) is 6.20 Å². The monoisotopic (exact) mass is 371 g/mol. The van der Waals surface area contributed by atoms with Gasteiger partial charge in [-0.3, -0.25) is 14.2 Å². The molecule has 0 aliphatic carbocycles. The van der Waals surface area contributed by atoms with Crippen LogP contribution in [0.25, 0.3) is 0 Å². The van der Waals surface area contributed by atoms with Crippen molar-refractivity contribution >= 4 is 17.5 Å². The Morgan fingerprint density at radius 2 is 1.88 bits per heavy atom. The van der Waals surface area contributed by atoms with Crippen molar-refractivity contribution in [3.8, 4) is 0 Å². The zero-order valence-electron chi connectivity index (χ0n) is 15.2. The van der Waals surface area contributed by atoms with E-state index in [1.807, 2.05) is 60.5 Å². The Morgan fingerprint density at radius 3 is 2.50 bits per heavy atom. The topological polar surface area (TPSA) is 64.7 Å². The smallest absolute Gasteiger partial charge is 0.251 e. The Bertz CT molecular complexity index is 911. The van der Waals surface area contributed by atoms with E-state index in [0.29, 0.717) is 23.7 Å². The van der Waals surface area contributed by atoms with Crippen LogP contribution < -0.4 is 5.32 Å². The van der Waals surface area contributed by atoms with Crippen LogP contribution in [0.4, 0.5) is 0 Å². The summed E-state index contributed by atoms with van der Waals surface area (Å²) in [5, 5.41) is 12.3. The highest BCUT2D eigenvalue weighted by atomic mass is 35.5. The summed E-state index contributed by atoms with van der Waals surface area (Å²) in [4.78, 5) is 12.3. The van der Waals surface area contributed by atoms with E-state index in [0.717, 1.165) is 29.2 Å². The first kappa shape index (κ1) is 18.2. The lowest BCUT2D eigenvalue weighted by molar-refractivity contribution is 0.0950. The van der Waals surface area contributed by atoms with Gasteiger partial charge in [-0.2, -0.15) is 10.2 Å². The molecule has 1 N–H and O–H groups in total. The number of aromatic nitrogens is 4. The number of rotatable bonds is 6. The fraction of sp³-hybridized carbons (Fsp3) is 0.316. The minimum atomic E-state index is -0.102. The molecule has 0 fully saturated rings. The highest BCUT2D eigenvalue weighted by molar-refractivity contribution is 6.31. The van der Waals surface area contributed by atoms with Crippen LogP contribution in [0.3, 0.4) is 0 Å². The van der Waals surface area contributed by atoms with Crippen LogP contribution >= 0.6 is 11.6 Å². The molecule has 3 aromatic rings. The second-order valence-electron chi connectivity index (χ2n) is 6.16. The van der Waals surface area contributed by atoms with Gasteiger partial charge in [0.15, 0.2) is 0 Å². The average molecular weight is 372 g/mol. The van der Waals surface area contributed by atoms with E-state index in [-0.39, 0.29) is 5.91 Å². The normalized spacial score (nSPS) is 10.9. The van der Waals surface area contributed by atoms with Gasteiger partial charge in [-0.1, -0.05) is 23.7 Å². The molecule has 0 atom stereocenters. The predicted molar refractivity (Wildman–Crippen MR) is 101 cm³/mol. The van der Waals surface area contributed by atoms with Crippen LogP contribution in [-0.4, -0.2) is 25.5 Å². The van der Waals surface area contributed by atoms with E-state index in [9.17, 15) is 4.79 Å². The molecule has 1 aromatic carbocycles. The second-order valence-corrected chi connectivity index (χ2v) is 6.54. The van der Waals surface area contributed by atoms with Crippen molar-refractivity contribution in [3.63, 3.8) is 0 Å². The summed E-state index contributed by atoms with van der Waals surface area (Å²) >= 11 is 6.19. The quantitative estimate of drug-likeness (QED) is 0.722. The van der Waals surface area contributed by atoms with Crippen LogP contribution in [0.2, 0.25) is 5.02 Å². The highest BCUT2D eigenvalue weighted by Crippen LogP contribution is 2.20. The van der Waals surface area contributed by atoms with Crippen molar-refractivity contribution < 1.29 is 4.79 Å². The highest BCUT2D eigenvalue weighted by Gasteiger charge is 2.11. The number of amides is 1. The SMILES string of the molecule is CCn1nccc1CNC(=O)c1ccc(Cn2nc(C)c(Cl)c2C)cc1. The lowest BCUT2D eigenvalue weighted by Crippen LogP contribution is -2.24. The molecule has 1 amide bonds. The molecule has 3 rings (SSSR count). The number of benzene rings is 1. The van der Waals surface area contributed by atoms with E-state index >= 15 is 0 Å². The minimum absolute atomic E-state index is 0.102. The Balaban J connectivity index is 1.63. The Kier molecular flexibility index (Phi) is 5.42. The molecule has 0 spiro atoms. The molecule has 0 saturated carbocycles. The zero-order valence-corrected chi connectivity index (χ0v) is 15.9. The molecule has 0 aliphatic rings. The molecule has 136 valence electrons. The third kappa shape index (κ3) is 3.80. The predicted octanol–water partition coefficient (Wildman–Crippen LogP) is 3.35. The average Bonchev–Trinajstić information content (AvgIpc) is 3.20. The number of hydrogen-bond donors (Lipinski definition) is 1. The summed E-state index contributed by atoms with van der Waals surface area (Å²) in [6.07, 6.45) is 1.74. The van der Waals surface area contributed by atoms with Crippen molar-refractivity contribution in [2.24, 2.45) is 0 Å². The zero-order chi connectivity index (χ0) is 18.7. The molecule has 0 saturated heterocycles. The summed E-state index contributed by atoms with van der Waals surface area (Å²) < 4.78 is 3.74. The number of aryl methyl sites for hydroxylation is 2. The van der Waals surface area contributed by atoms with E-state index in [1.165, 1.54) is 0 Å². The number of nitrogens with one attached hydrogen (secondary N) is 1. The molecule has 0 bridgehead atoms. The van der Waals surface area contributed by atoms with Gasteiger partial charge in [0.2, 0.25) is 0 Å². The van der Waals surface area contributed by atoms with E-state index in [2.05, 4.69) is 15.5 Å². The van der Waals surface area contributed by atoms with Crippen molar-refractivity contribution in [1.82, 2.24) is 24.9 Å². The van der Waals surface area contributed by atoms with Crippen molar-refractivity contribution in [2.45, 2.75) is 40.4 Å². The van der Waals surface area contributed by atoms with Crippen molar-refractivity contribution in [3.05, 3.63) is 69.8 Å². The molecular weight excluding hydrogens is 350 g/mol. The fourth-order valence-electron chi connectivity index (χ4n) is 2.83. The maximum Gasteiger partial charge on any atom is 0.251 e. The first-order valence-electron chi connectivity index (χ1n) is 8.57. The Morgan fingerprint density at radius 1 is 1.15 bits per heavy atom. The van der Waals surface area contributed by atoms with Gasteiger partial charge >= 0.3 is 0 Å². The number of halogens is 1. The number of carbonyl (C=O) groups excluding carboxylic acids is 1. The molecular formula is C19H22ClN5O. The van der Waals surface area contributed by atoms with Crippen LogP contribution in [0.5, 0.6) is 0 Å². The molecule has 26 heavy (non-hydrogen) atoms. The van der Waals surface area contributed by atoms with Gasteiger partial charge in [0.05, 0.1) is 35.2 Å². The standard InChI is InChI=1S/C19H22ClN5O/c1-4-24-17(9-10-22-24)11-21-19(26)16-7-5-15(6-8-16)12-25-14(3)18(20)13(2)23-25/h5-10H,4,11-12H2,1-3H3,(H,21,26). The molecule has 6 nitrogen and oxygen atoms in total. The third-order valence-electron chi connectivity index (χ3n) is 4.38. The van der Waals surface area contributed by atoms with Crippen molar-refractivity contribution in [2.75, 3.05) is 0 Å². The van der Waals surface area contributed by atoms with Gasteiger partial charge in [0.1, 0.15) is 0 Å². The maximum absolute atomic E-state index is 12.3. The first-order chi connectivity index (χ1) is 12.5.